The van der Waals surface area contributed by atoms with Crippen LogP contribution in [0.2, 0.25) is 5.02 Å². The van der Waals surface area contributed by atoms with Gasteiger partial charge in [-0.05, 0) is 43.1 Å². The first-order chi connectivity index (χ1) is 9.12. The molecular weight excluding hydrogens is 265 g/mol. The van der Waals surface area contributed by atoms with Crippen molar-refractivity contribution in [3.63, 3.8) is 0 Å². The Balaban J connectivity index is 2.84. The van der Waals surface area contributed by atoms with Crippen LogP contribution in [0.15, 0.2) is 18.2 Å². The number of nitrogens with one attached hydrogen (secondary N) is 1. The van der Waals surface area contributed by atoms with Crippen LogP contribution in [0.4, 0.5) is 4.39 Å². The molecule has 0 aliphatic carbocycles. The van der Waals surface area contributed by atoms with Crippen LogP contribution in [0.3, 0.4) is 0 Å². The maximum atomic E-state index is 13.3. The SMILES string of the molecule is CCCC(OC)C(Cc1cc(F)ccc1Cl)NCC. The van der Waals surface area contributed by atoms with Gasteiger partial charge < -0.3 is 10.1 Å². The molecule has 0 saturated heterocycles. The highest BCUT2D eigenvalue weighted by Crippen LogP contribution is 2.21. The fourth-order valence-electron chi connectivity index (χ4n) is 2.30. The van der Waals surface area contributed by atoms with Crippen LogP contribution >= 0.6 is 11.6 Å². The molecular formula is C15H23ClFNO. The van der Waals surface area contributed by atoms with Gasteiger partial charge in [-0.3, -0.25) is 0 Å². The second-order valence-corrected chi connectivity index (χ2v) is 5.07. The Hall–Kier alpha value is -0.640. The molecule has 0 heterocycles. The molecule has 0 saturated carbocycles. The first-order valence-corrected chi connectivity index (χ1v) is 7.20. The maximum absolute atomic E-state index is 13.3. The van der Waals surface area contributed by atoms with Crippen molar-refractivity contribution < 1.29 is 9.13 Å². The van der Waals surface area contributed by atoms with Crippen LogP contribution in [0.25, 0.3) is 0 Å². The van der Waals surface area contributed by atoms with E-state index in [1.54, 1.807) is 13.2 Å². The summed E-state index contributed by atoms with van der Waals surface area (Å²) >= 11 is 6.13. The van der Waals surface area contributed by atoms with Crippen molar-refractivity contribution in [1.82, 2.24) is 5.32 Å². The van der Waals surface area contributed by atoms with Gasteiger partial charge in [0.1, 0.15) is 5.82 Å². The number of ether oxygens (including phenoxy) is 1. The second-order valence-electron chi connectivity index (χ2n) is 4.67. The largest absolute Gasteiger partial charge is 0.380 e. The zero-order chi connectivity index (χ0) is 14.3. The lowest BCUT2D eigenvalue weighted by Gasteiger charge is -2.27. The van der Waals surface area contributed by atoms with Crippen molar-refractivity contribution in [3.05, 3.63) is 34.6 Å². The molecule has 1 rings (SSSR count). The van der Waals surface area contributed by atoms with Crippen molar-refractivity contribution >= 4 is 11.6 Å². The lowest BCUT2D eigenvalue weighted by Crippen LogP contribution is -2.42. The highest BCUT2D eigenvalue weighted by atomic mass is 35.5. The molecule has 0 aliphatic heterocycles. The average Bonchev–Trinajstić information content (AvgIpc) is 2.39. The van der Waals surface area contributed by atoms with Gasteiger partial charge in [-0.2, -0.15) is 0 Å². The Morgan fingerprint density at radius 3 is 2.68 bits per heavy atom. The molecule has 2 nitrogen and oxygen atoms in total. The van der Waals surface area contributed by atoms with Gasteiger partial charge in [-0.15, -0.1) is 0 Å². The van der Waals surface area contributed by atoms with Crippen molar-refractivity contribution in [3.8, 4) is 0 Å². The van der Waals surface area contributed by atoms with Crippen LogP contribution in [-0.2, 0) is 11.2 Å². The van der Waals surface area contributed by atoms with Gasteiger partial charge >= 0.3 is 0 Å². The van der Waals surface area contributed by atoms with Gasteiger partial charge in [0.05, 0.1) is 6.10 Å². The number of rotatable bonds is 8. The van der Waals surface area contributed by atoms with E-state index in [1.165, 1.54) is 12.1 Å². The molecule has 0 aliphatic rings. The predicted octanol–water partition coefficient (Wildman–Crippen LogP) is 3.81. The Bertz CT molecular complexity index is 386. The van der Waals surface area contributed by atoms with E-state index >= 15 is 0 Å². The third-order valence-corrected chi connectivity index (χ3v) is 3.61. The average molecular weight is 288 g/mol. The highest BCUT2D eigenvalue weighted by molar-refractivity contribution is 6.31. The van der Waals surface area contributed by atoms with Gasteiger partial charge in [0, 0.05) is 18.2 Å². The summed E-state index contributed by atoms with van der Waals surface area (Å²) in [5.74, 6) is -0.251. The molecule has 0 fully saturated rings. The van der Waals surface area contributed by atoms with Crippen LogP contribution in [0.5, 0.6) is 0 Å². The predicted molar refractivity (Wildman–Crippen MR) is 78.3 cm³/mol. The lowest BCUT2D eigenvalue weighted by molar-refractivity contribution is 0.0614. The van der Waals surface area contributed by atoms with E-state index in [4.69, 9.17) is 16.3 Å². The van der Waals surface area contributed by atoms with Crippen molar-refractivity contribution in [1.29, 1.82) is 0 Å². The normalized spacial score (nSPS) is 14.4. The summed E-state index contributed by atoms with van der Waals surface area (Å²) in [6, 6.07) is 4.64. The minimum atomic E-state index is -0.251. The van der Waals surface area contributed by atoms with Gasteiger partial charge in [-0.25, -0.2) is 4.39 Å². The first kappa shape index (κ1) is 16.4. The summed E-state index contributed by atoms with van der Waals surface area (Å²) in [4.78, 5) is 0. The molecule has 19 heavy (non-hydrogen) atoms. The number of methoxy groups -OCH3 is 1. The number of hydrogen-bond donors (Lipinski definition) is 1. The summed E-state index contributed by atoms with van der Waals surface area (Å²) in [6.45, 7) is 5.03. The summed E-state index contributed by atoms with van der Waals surface area (Å²) in [5, 5.41) is 4.01. The minimum absolute atomic E-state index is 0.115. The molecule has 0 aromatic heterocycles. The number of benzene rings is 1. The van der Waals surface area contributed by atoms with E-state index < -0.39 is 0 Å². The van der Waals surface area contributed by atoms with E-state index in [0.717, 1.165) is 24.9 Å². The lowest BCUT2D eigenvalue weighted by atomic mass is 9.98. The third kappa shape index (κ3) is 5.09. The Morgan fingerprint density at radius 2 is 2.11 bits per heavy atom. The first-order valence-electron chi connectivity index (χ1n) is 6.82. The Labute approximate surface area is 120 Å². The fraction of sp³-hybridized carbons (Fsp3) is 0.600. The Morgan fingerprint density at radius 1 is 1.37 bits per heavy atom. The van der Waals surface area contributed by atoms with Gasteiger partial charge in [0.15, 0.2) is 0 Å². The fourth-order valence-corrected chi connectivity index (χ4v) is 2.50. The van der Waals surface area contributed by atoms with Crippen LogP contribution in [0.1, 0.15) is 32.3 Å². The third-order valence-electron chi connectivity index (χ3n) is 3.24. The topological polar surface area (TPSA) is 21.3 Å². The smallest absolute Gasteiger partial charge is 0.123 e. The zero-order valence-corrected chi connectivity index (χ0v) is 12.6. The van der Waals surface area contributed by atoms with Crippen molar-refractivity contribution in [2.45, 2.75) is 45.3 Å². The standard InChI is InChI=1S/C15H23ClFNO/c1-4-6-15(19-3)14(18-5-2)10-11-9-12(17)7-8-13(11)16/h7-9,14-15,18H,4-6,10H2,1-3H3. The molecule has 0 radical (unpaired) electrons. The van der Waals surface area contributed by atoms with E-state index in [0.29, 0.717) is 11.4 Å². The van der Waals surface area contributed by atoms with Gasteiger partial charge in [0.2, 0.25) is 0 Å². The molecule has 108 valence electrons. The molecule has 1 N–H and O–H groups in total. The summed E-state index contributed by atoms with van der Waals surface area (Å²) in [5.41, 5.74) is 0.825. The van der Waals surface area contributed by atoms with E-state index in [-0.39, 0.29) is 18.0 Å². The van der Waals surface area contributed by atoms with Crippen molar-refractivity contribution in [2.75, 3.05) is 13.7 Å². The van der Waals surface area contributed by atoms with Crippen LogP contribution in [-0.4, -0.2) is 25.8 Å². The van der Waals surface area contributed by atoms with Crippen LogP contribution < -0.4 is 5.32 Å². The van der Waals surface area contributed by atoms with E-state index in [9.17, 15) is 4.39 Å². The molecule has 1 aromatic rings. The second kappa shape index (κ2) is 8.51. The minimum Gasteiger partial charge on any atom is -0.380 e. The zero-order valence-electron chi connectivity index (χ0n) is 11.9. The molecule has 2 atom stereocenters. The van der Waals surface area contributed by atoms with Crippen LogP contribution in [0, 0.1) is 5.82 Å². The maximum Gasteiger partial charge on any atom is 0.123 e. The van der Waals surface area contributed by atoms with E-state index in [2.05, 4.69) is 19.2 Å². The quantitative estimate of drug-likeness (QED) is 0.785. The molecule has 2 unspecified atom stereocenters. The van der Waals surface area contributed by atoms with Gasteiger partial charge in [0.25, 0.3) is 0 Å². The summed E-state index contributed by atoms with van der Waals surface area (Å²) < 4.78 is 18.9. The van der Waals surface area contributed by atoms with Crippen molar-refractivity contribution in [2.24, 2.45) is 0 Å². The van der Waals surface area contributed by atoms with Gasteiger partial charge in [-0.1, -0.05) is 31.9 Å². The monoisotopic (exact) mass is 287 g/mol. The Kier molecular flexibility index (Phi) is 7.36. The molecule has 4 heteroatoms. The summed E-state index contributed by atoms with van der Waals surface area (Å²) in [6.07, 6.45) is 2.81. The molecule has 0 amide bonds. The molecule has 0 bridgehead atoms. The highest BCUT2D eigenvalue weighted by Gasteiger charge is 2.21. The summed E-state index contributed by atoms with van der Waals surface area (Å²) in [7, 11) is 1.72. The molecule has 0 spiro atoms. The molecule has 1 aromatic carbocycles. The number of hydrogen-bond acceptors (Lipinski definition) is 2. The number of halogens is 2. The van der Waals surface area contributed by atoms with E-state index in [1.807, 2.05) is 0 Å². The number of likely N-dealkylation sites (N-methyl/N-ethyl adjacent to an activating group) is 1.